The van der Waals surface area contributed by atoms with E-state index in [1.807, 2.05) is 48.5 Å². The molecule has 0 fully saturated rings. The van der Waals surface area contributed by atoms with Gasteiger partial charge in [-0.25, -0.2) is 0 Å². The number of carbonyl (C=O) groups excluding carboxylic acids is 2. The monoisotopic (exact) mass is 532 g/mol. The number of anilines is 1. The Morgan fingerprint density at radius 1 is 1.00 bits per heavy atom. The molecule has 0 aliphatic heterocycles. The first-order valence-electron chi connectivity index (χ1n) is 12.7. The largest absolute Gasteiger partial charge is 0.384 e. The molecular formula is C29H33ClN6O2. The Labute approximate surface area is 227 Å². The number of amides is 2. The summed E-state index contributed by atoms with van der Waals surface area (Å²) in [6.45, 7) is 2.43. The first-order valence-corrected chi connectivity index (χ1v) is 13.0. The molecule has 4 rings (SSSR count). The van der Waals surface area contributed by atoms with Crippen LogP contribution in [-0.2, 0) is 11.3 Å². The summed E-state index contributed by atoms with van der Waals surface area (Å²) >= 11 is 6.49. The van der Waals surface area contributed by atoms with Gasteiger partial charge in [-0.2, -0.15) is 5.10 Å². The molecule has 1 heterocycles. The summed E-state index contributed by atoms with van der Waals surface area (Å²) in [5.74, 6) is -0.0662. The summed E-state index contributed by atoms with van der Waals surface area (Å²) in [5.41, 5.74) is 5.40. The maximum Gasteiger partial charge on any atom is 0.253 e. The van der Waals surface area contributed by atoms with Crippen LogP contribution in [-0.4, -0.2) is 60.6 Å². The van der Waals surface area contributed by atoms with E-state index in [-0.39, 0.29) is 11.8 Å². The van der Waals surface area contributed by atoms with Crippen molar-refractivity contribution < 1.29 is 9.59 Å². The van der Waals surface area contributed by atoms with Gasteiger partial charge in [-0.1, -0.05) is 54.1 Å². The molecule has 9 heteroatoms. The van der Waals surface area contributed by atoms with E-state index >= 15 is 0 Å². The molecule has 8 nitrogen and oxygen atoms in total. The number of nitrogens with one attached hydrogen (secondary N) is 4. The lowest BCUT2D eigenvalue weighted by atomic mass is 10.0. The fourth-order valence-electron chi connectivity index (χ4n) is 4.16. The van der Waals surface area contributed by atoms with Gasteiger partial charge in [-0.05, 0) is 35.7 Å². The van der Waals surface area contributed by atoms with Crippen molar-refractivity contribution in [2.75, 3.05) is 39.0 Å². The van der Waals surface area contributed by atoms with Crippen LogP contribution in [0.25, 0.3) is 22.0 Å². The number of carbonyl (C=O) groups is 2. The van der Waals surface area contributed by atoms with E-state index in [2.05, 4.69) is 32.2 Å². The summed E-state index contributed by atoms with van der Waals surface area (Å²) in [5, 5.41) is 18.3. The van der Waals surface area contributed by atoms with Crippen LogP contribution in [0.3, 0.4) is 0 Å². The van der Waals surface area contributed by atoms with Crippen molar-refractivity contribution in [2.45, 2.75) is 19.4 Å². The highest BCUT2D eigenvalue weighted by molar-refractivity contribution is 6.33. The Kier molecular flexibility index (Phi) is 9.35. The van der Waals surface area contributed by atoms with Crippen LogP contribution in [0.4, 0.5) is 5.69 Å². The number of aromatic nitrogens is 2. The van der Waals surface area contributed by atoms with Crippen molar-refractivity contribution >= 4 is 40.0 Å². The Bertz CT molecular complexity index is 1390. The van der Waals surface area contributed by atoms with E-state index in [0.717, 1.165) is 39.7 Å². The van der Waals surface area contributed by atoms with Gasteiger partial charge in [0.2, 0.25) is 5.91 Å². The molecule has 0 spiro atoms. The number of rotatable bonds is 12. The SMILES string of the molecule is CN(C)C(=O)c1cc(NCCCNC(=O)CCNCc2ccc(-c3ccccc3)c(Cl)c2)c2cn[nH]c2c1. The number of nitrogens with zero attached hydrogens (tertiary/aromatic N) is 2. The normalized spacial score (nSPS) is 10.9. The van der Waals surface area contributed by atoms with Crippen LogP contribution in [0.1, 0.15) is 28.8 Å². The van der Waals surface area contributed by atoms with Gasteiger partial charge in [0, 0.05) is 73.9 Å². The van der Waals surface area contributed by atoms with Crippen LogP contribution >= 0.6 is 11.6 Å². The molecule has 0 aliphatic carbocycles. The van der Waals surface area contributed by atoms with Gasteiger partial charge in [0.05, 0.1) is 11.7 Å². The Morgan fingerprint density at radius 3 is 2.58 bits per heavy atom. The molecule has 0 aliphatic rings. The topological polar surface area (TPSA) is 102 Å². The van der Waals surface area contributed by atoms with Gasteiger partial charge in [0.1, 0.15) is 0 Å². The van der Waals surface area contributed by atoms with Gasteiger partial charge in [-0.15, -0.1) is 0 Å². The first-order chi connectivity index (χ1) is 18.4. The smallest absolute Gasteiger partial charge is 0.253 e. The minimum atomic E-state index is -0.0716. The molecule has 0 unspecified atom stereocenters. The lowest BCUT2D eigenvalue weighted by Gasteiger charge is -2.13. The van der Waals surface area contributed by atoms with Crippen molar-refractivity contribution in [3.05, 3.63) is 83.0 Å². The quantitative estimate of drug-likeness (QED) is 0.198. The molecule has 4 aromatic rings. The summed E-state index contributed by atoms with van der Waals surface area (Å²) in [7, 11) is 3.45. The number of benzene rings is 3. The zero-order chi connectivity index (χ0) is 26.9. The van der Waals surface area contributed by atoms with Crippen molar-refractivity contribution in [1.82, 2.24) is 25.7 Å². The van der Waals surface area contributed by atoms with E-state index in [0.29, 0.717) is 43.2 Å². The van der Waals surface area contributed by atoms with Crippen molar-refractivity contribution in [2.24, 2.45) is 0 Å². The first kappa shape index (κ1) is 27.2. The van der Waals surface area contributed by atoms with E-state index in [9.17, 15) is 9.59 Å². The maximum absolute atomic E-state index is 12.4. The van der Waals surface area contributed by atoms with Crippen LogP contribution in [0.15, 0.2) is 66.9 Å². The molecule has 0 radical (unpaired) electrons. The number of halogens is 1. The second kappa shape index (κ2) is 13.1. The average molecular weight is 533 g/mol. The number of hydrogen-bond donors (Lipinski definition) is 4. The molecule has 0 saturated carbocycles. The number of hydrogen-bond acceptors (Lipinski definition) is 5. The predicted octanol–water partition coefficient (Wildman–Crippen LogP) is 4.68. The van der Waals surface area contributed by atoms with Crippen molar-refractivity contribution in [3.8, 4) is 11.1 Å². The molecule has 198 valence electrons. The van der Waals surface area contributed by atoms with Gasteiger partial charge < -0.3 is 20.9 Å². The molecular weight excluding hydrogens is 500 g/mol. The standard InChI is InChI=1S/C29H33ClN6O2/c1-36(2)29(38)22-16-26(24-19-34-35-27(24)17-22)32-12-6-13-33-28(37)11-14-31-18-20-9-10-23(25(30)15-20)21-7-4-3-5-8-21/h3-5,7-10,15-17,19,31-32H,6,11-14,18H2,1-2H3,(H,33,37)(H,34,35). The third kappa shape index (κ3) is 7.12. The molecule has 3 aromatic carbocycles. The zero-order valence-corrected chi connectivity index (χ0v) is 22.4. The third-order valence-corrected chi connectivity index (χ3v) is 6.49. The average Bonchev–Trinajstić information content (AvgIpc) is 3.40. The summed E-state index contributed by atoms with van der Waals surface area (Å²) in [4.78, 5) is 26.2. The second-order valence-electron chi connectivity index (χ2n) is 9.29. The molecule has 1 aromatic heterocycles. The highest BCUT2D eigenvalue weighted by Gasteiger charge is 2.13. The van der Waals surface area contributed by atoms with Gasteiger partial charge in [0.15, 0.2) is 0 Å². The minimum absolute atomic E-state index is 0.00533. The second-order valence-corrected chi connectivity index (χ2v) is 9.70. The number of H-pyrrole nitrogens is 1. The Balaban J connectivity index is 1.15. The van der Waals surface area contributed by atoms with E-state index in [1.165, 1.54) is 0 Å². The van der Waals surface area contributed by atoms with Crippen molar-refractivity contribution in [3.63, 3.8) is 0 Å². The minimum Gasteiger partial charge on any atom is -0.384 e. The highest BCUT2D eigenvalue weighted by atomic mass is 35.5. The summed E-state index contributed by atoms with van der Waals surface area (Å²) < 4.78 is 0. The number of fused-ring (bicyclic) bond motifs is 1. The molecule has 0 atom stereocenters. The highest BCUT2D eigenvalue weighted by Crippen LogP contribution is 2.28. The predicted molar refractivity (Wildman–Crippen MR) is 153 cm³/mol. The van der Waals surface area contributed by atoms with Crippen LogP contribution in [0, 0.1) is 0 Å². The lowest BCUT2D eigenvalue weighted by molar-refractivity contribution is -0.121. The Morgan fingerprint density at radius 2 is 1.82 bits per heavy atom. The van der Waals surface area contributed by atoms with Crippen LogP contribution in [0.2, 0.25) is 5.02 Å². The van der Waals surface area contributed by atoms with E-state index in [1.54, 1.807) is 31.3 Å². The molecule has 38 heavy (non-hydrogen) atoms. The molecule has 4 N–H and O–H groups in total. The molecule has 0 bridgehead atoms. The van der Waals surface area contributed by atoms with Crippen LogP contribution < -0.4 is 16.0 Å². The van der Waals surface area contributed by atoms with Crippen molar-refractivity contribution in [1.29, 1.82) is 0 Å². The molecule has 0 saturated heterocycles. The fourth-order valence-corrected chi connectivity index (χ4v) is 4.47. The summed E-state index contributed by atoms with van der Waals surface area (Å²) in [6.07, 6.45) is 2.88. The van der Waals surface area contributed by atoms with E-state index in [4.69, 9.17) is 11.6 Å². The van der Waals surface area contributed by atoms with Gasteiger partial charge in [-0.3, -0.25) is 14.7 Å². The van der Waals surface area contributed by atoms with E-state index < -0.39 is 0 Å². The van der Waals surface area contributed by atoms with Gasteiger partial charge >= 0.3 is 0 Å². The number of aromatic amines is 1. The lowest BCUT2D eigenvalue weighted by Crippen LogP contribution is -2.29. The Hall–Kier alpha value is -3.88. The third-order valence-electron chi connectivity index (χ3n) is 6.18. The molecule has 2 amide bonds. The van der Waals surface area contributed by atoms with Crippen LogP contribution in [0.5, 0.6) is 0 Å². The maximum atomic E-state index is 12.4. The fraction of sp³-hybridized carbons (Fsp3) is 0.276. The summed E-state index contributed by atoms with van der Waals surface area (Å²) in [6, 6.07) is 19.7. The van der Waals surface area contributed by atoms with Gasteiger partial charge in [0.25, 0.3) is 5.91 Å². The zero-order valence-electron chi connectivity index (χ0n) is 21.7.